The van der Waals surface area contributed by atoms with Gasteiger partial charge in [-0.3, -0.25) is 0 Å². The van der Waals surface area contributed by atoms with Crippen LogP contribution in [0, 0.1) is 56.7 Å². The molecule has 0 aromatic rings. The van der Waals surface area contributed by atoms with Gasteiger partial charge in [-0.25, -0.2) is 0 Å². The van der Waals surface area contributed by atoms with Crippen molar-refractivity contribution in [3.05, 3.63) is 0 Å². The van der Waals surface area contributed by atoms with Crippen molar-refractivity contribution in [2.75, 3.05) is 0 Å². The summed E-state index contributed by atoms with van der Waals surface area (Å²) in [5, 5.41) is 33.7. The van der Waals surface area contributed by atoms with Crippen LogP contribution in [-0.4, -0.2) is 33.1 Å². The molecule has 33 heavy (non-hydrogen) atoms. The van der Waals surface area contributed by atoms with Crippen LogP contribution in [0.25, 0.3) is 0 Å². The van der Waals surface area contributed by atoms with E-state index in [1.807, 2.05) is 13.8 Å². The first-order valence-electron chi connectivity index (χ1n) is 14.1. The van der Waals surface area contributed by atoms with Gasteiger partial charge in [-0.15, -0.1) is 0 Å². The third-order valence-electron chi connectivity index (χ3n) is 13.7. The highest BCUT2D eigenvalue weighted by Gasteiger charge is 2.72. The van der Waals surface area contributed by atoms with E-state index in [4.69, 9.17) is 0 Å². The maximum absolute atomic E-state index is 11.8. The van der Waals surface area contributed by atoms with Crippen LogP contribution in [0.1, 0.15) is 113 Å². The number of aliphatic hydroxyl groups excluding tert-OH is 2. The Balaban J connectivity index is 1.54. The van der Waals surface area contributed by atoms with Gasteiger partial charge in [-0.2, -0.15) is 0 Å². The Labute approximate surface area is 203 Å². The second kappa shape index (κ2) is 7.00. The largest absolute Gasteiger partial charge is 0.393 e. The molecule has 0 amide bonds. The minimum absolute atomic E-state index is 0.0895. The summed E-state index contributed by atoms with van der Waals surface area (Å²) in [4.78, 5) is 0. The highest BCUT2D eigenvalue weighted by molar-refractivity contribution is 5.21. The van der Waals surface area contributed by atoms with Gasteiger partial charge in [0.15, 0.2) is 0 Å². The molecule has 5 rings (SSSR count). The summed E-state index contributed by atoms with van der Waals surface area (Å²) in [6.07, 6.45) is 9.56. The van der Waals surface area contributed by atoms with Crippen LogP contribution in [-0.2, 0) is 0 Å². The third kappa shape index (κ3) is 2.91. The Bertz CT molecular complexity index is 799. The zero-order valence-corrected chi connectivity index (χ0v) is 22.7. The molecule has 0 spiro atoms. The fourth-order valence-electron chi connectivity index (χ4n) is 12.2. The highest BCUT2D eigenvalue weighted by atomic mass is 16.3. The van der Waals surface area contributed by atoms with Gasteiger partial charge in [0, 0.05) is 0 Å². The molecular formula is C30H52O3. The van der Waals surface area contributed by atoms with Gasteiger partial charge in [0.25, 0.3) is 0 Å². The quantitative estimate of drug-likeness (QED) is 0.437. The highest BCUT2D eigenvalue weighted by Crippen LogP contribution is 2.78. The number of aliphatic hydroxyl groups is 3. The molecule has 5 fully saturated rings. The van der Waals surface area contributed by atoms with Crippen LogP contribution >= 0.6 is 0 Å². The lowest BCUT2D eigenvalue weighted by molar-refractivity contribution is -0.279. The standard InChI is InChI=1S/C30H52O3/c1-25(2)23(32)13-15-28(6)22-10-9-21-27(5)14-11-18(26(3,4)33)19(27)12-16-29(21,7)30(22,8)17-20(31)24(25)28/h18-24,31-33H,9-17H2,1-8H3. The molecule has 3 nitrogen and oxygen atoms in total. The fourth-order valence-corrected chi connectivity index (χ4v) is 12.2. The van der Waals surface area contributed by atoms with Crippen molar-refractivity contribution in [3.63, 3.8) is 0 Å². The predicted octanol–water partition coefficient (Wildman–Crippen LogP) is 6.19. The van der Waals surface area contributed by atoms with Crippen molar-refractivity contribution in [2.24, 2.45) is 56.7 Å². The molecule has 0 heterocycles. The molecule has 0 aromatic heterocycles. The molecule has 0 radical (unpaired) electrons. The SMILES string of the molecule is CC(C)(O)C1CCC2(C)C1CCC1(C)C2CCC2C3(C)CCC(O)C(C)(C)C3C(O)CC21C. The van der Waals surface area contributed by atoms with E-state index in [2.05, 4.69) is 41.5 Å². The molecule has 3 N–H and O–H groups in total. The Morgan fingerprint density at radius 2 is 1.27 bits per heavy atom. The monoisotopic (exact) mass is 460 g/mol. The van der Waals surface area contributed by atoms with E-state index in [-0.39, 0.29) is 39.8 Å². The van der Waals surface area contributed by atoms with Crippen LogP contribution in [0.5, 0.6) is 0 Å². The molecule has 11 unspecified atom stereocenters. The average Bonchev–Trinajstić information content (AvgIpc) is 3.03. The Morgan fingerprint density at radius 1 is 0.697 bits per heavy atom. The summed E-state index contributed by atoms with van der Waals surface area (Å²) in [5.74, 6) is 2.49. The number of rotatable bonds is 1. The van der Waals surface area contributed by atoms with E-state index in [1.165, 1.54) is 32.1 Å². The first-order chi connectivity index (χ1) is 15.0. The van der Waals surface area contributed by atoms with Gasteiger partial charge in [0.2, 0.25) is 0 Å². The predicted molar refractivity (Wildman–Crippen MR) is 134 cm³/mol. The maximum atomic E-state index is 11.8. The van der Waals surface area contributed by atoms with Crippen molar-refractivity contribution >= 4 is 0 Å². The number of fused-ring (bicyclic) bond motifs is 7. The van der Waals surface area contributed by atoms with E-state index >= 15 is 0 Å². The summed E-state index contributed by atoms with van der Waals surface area (Å²) in [6, 6.07) is 0. The van der Waals surface area contributed by atoms with E-state index in [0.717, 1.165) is 25.7 Å². The summed E-state index contributed by atoms with van der Waals surface area (Å²) >= 11 is 0. The van der Waals surface area contributed by atoms with Crippen LogP contribution in [0.2, 0.25) is 0 Å². The first-order valence-corrected chi connectivity index (χ1v) is 14.1. The van der Waals surface area contributed by atoms with E-state index in [0.29, 0.717) is 29.1 Å². The Kier molecular flexibility index (Phi) is 5.21. The molecule has 0 saturated heterocycles. The lowest BCUT2D eigenvalue weighted by Gasteiger charge is -2.74. The second-order valence-electron chi connectivity index (χ2n) is 15.6. The number of hydrogen-bond donors (Lipinski definition) is 3. The molecular weight excluding hydrogens is 408 g/mol. The third-order valence-corrected chi connectivity index (χ3v) is 13.7. The molecule has 5 saturated carbocycles. The second-order valence-corrected chi connectivity index (χ2v) is 15.6. The molecule has 11 atom stereocenters. The van der Waals surface area contributed by atoms with Crippen LogP contribution < -0.4 is 0 Å². The van der Waals surface area contributed by atoms with Crippen molar-refractivity contribution in [1.29, 1.82) is 0 Å². The Hall–Kier alpha value is -0.120. The summed E-state index contributed by atoms with van der Waals surface area (Å²) in [7, 11) is 0. The smallest absolute Gasteiger partial charge is 0.0622 e. The zero-order chi connectivity index (χ0) is 24.4. The maximum Gasteiger partial charge on any atom is 0.0622 e. The molecule has 5 aliphatic carbocycles. The normalized spacial score (nSPS) is 58.1. The average molecular weight is 461 g/mol. The van der Waals surface area contributed by atoms with Gasteiger partial charge < -0.3 is 15.3 Å². The number of hydrogen-bond acceptors (Lipinski definition) is 3. The van der Waals surface area contributed by atoms with Gasteiger partial charge in [-0.1, -0.05) is 41.5 Å². The van der Waals surface area contributed by atoms with Crippen molar-refractivity contribution in [2.45, 2.75) is 131 Å². The van der Waals surface area contributed by atoms with Crippen LogP contribution in [0.3, 0.4) is 0 Å². The van der Waals surface area contributed by atoms with E-state index in [1.54, 1.807) is 0 Å². The lowest BCUT2D eigenvalue weighted by Crippen LogP contribution is -2.70. The minimum atomic E-state index is -0.590. The molecule has 5 aliphatic rings. The topological polar surface area (TPSA) is 60.7 Å². The van der Waals surface area contributed by atoms with Gasteiger partial charge in [0.1, 0.15) is 0 Å². The fraction of sp³-hybridized carbons (Fsp3) is 1.00. The van der Waals surface area contributed by atoms with Gasteiger partial charge in [0.05, 0.1) is 17.8 Å². The van der Waals surface area contributed by atoms with Gasteiger partial charge >= 0.3 is 0 Å². The first kappa shape index (κ1) is 24.6. The molecule has 190 valence electrons. The van der Waals surface area contributed by atoms with Crippen LogP contribution in [0.4, 0.5) is 0 Å². The van der Waals surface area contributed by atoms with Crippen LogP contribution in [0.15, 0.2) is 0 Å². The summed E-state index contributed by atoms with van der Waals surface area (Å²) in [6.45, 7) is 18.7. The summed E-state index contributed by atoms with van der Waals surface area (Å²) < 4.78 is 0. The molecule has 3 heteroatoms. The molecule has 0 aromatic carbocycles. The van der Waals surface area contributed by atoms with Crippen molar-refractivity contribution in [3.8, 4) is 0 Å². The van der Waals surface area contributed by atoms with Gasteiger partial charge in [-0.05, 0) is 128 Å². The minimum Gasteiger partial charge on any atom is -0.393 e. The lowest BCUT2D eigenvalue weighted by atomic mass is 9.31. The van der Waals surface area contributed by atoms with Crippen molar-refractivity contribution < 1.29 is 15.3 Å². The van der Waals surface area contributed by atoms with E-state index < -0.39 is 5.60 Å². The molecule has 0 aliphatic heterocycles. The van der Waals surface area contributed by atoms with E-state index in [9.17, 15) is 15.3 Å². The Morgan fingerprint density at radius 3 is 1.88 bits per heavy atom. The zero-order valence-electron chi connectivity index (χ0n) is 22.7. The van der Waals surface area contributed by atoms with Crippen molar-refractivity contribution in [1.82, 2.24) is 0 Å². The molecule has 0 bridgehead atoms. The summed E-state index contributed by atoms with van der Waals surface area (Å²) in [5.41, 5.74) is -0.0822.